The summed E-state index contributed by atoms with van der Waals surface area (Å²) in [6, 6.07) is 5.62. The van der Waals surface area contributed by atoms with Crippen molar-refractivity contribution in [1.82, 2.24) is 5.06 Å². The molecule has 1 N–H and O–H groups in total. The third-order valence-electron chi connectivity index (χ3n) is 3.14. The Kier molecular flexibility index (Phi) is 3.45. The minimum absolute atomic E-state index is 0.0446. The summed E-state index contributed by atoms with van der Waals surface area (Å²) >= 11 is 3.39. The Balaban J connectivity index is 2.70. The Bertz CT molecular complexity index is 578. The van der Waals surface area contributed by atoms with E-state index >= 15 is 0 Å². The molecule has 1 aromatic rings. The summed E-state index contributed by atoms with van der Waals surface area (Å²) in [5.74, 6) is -0.394. The van der Waals surface area contributed by atoms with E-state index in [0.717, 1.165) is 15.1 Å². The van der Waals surface area contributed by atoms with Crippen LogP contribution in [0.5, 0.6) is 0 Å². The number of carbonyl (C=O) groups is 1. The molecule has 4 nitrogen and oxygen atoms in total. The lowest BCUT2D eigenvalue weighted by molar-refractivity contribution is -0.218. The van der Waals surface area contributed by atoms with Crippen LogP contribution in [-0.2, 0) is 9.63 Å². The molecule has 0 fully saturated rings. The average molecular weight is 326 g/mol. The quantitative estimate of drug-likeness (QED) is 0.862. The van der Waals surface area contributed by atoms with Gasteiger partial charge in [0.2, 0.25) is 0 Å². The highest BCUT2D eigenvalue weighted by atomic mass is 79.9. The van der Waals surface area contributed by atoms with Crippen molar-refractivity contribution in [3.05, 3.63) is 39.6 Å². The zero-order valence-electron chi connectivity index (χ0n) is 11.3. The van der Waals surface area contributed by atoms with Gasteiger partial charge in [0, 0.05) is 11.5 Å². The van der Waals surface area contributed by atoms with Crippen LogP contribution in [0.25, 0.3) is 5.57 Å². The molecule has 1 heterocycles. The van der Waals surface area contributed by atoms with Crippen LogP contribution in [0.2, 0.25) is 0 Å². The summed E-state index contributed by atoms with van der Waals surface area (Å²) in [5.41, 5.74) is 0.995. The Morgan fingerprint density at radius 3 is 2.63 bits per heavy atom. The fraction of sp³-hybridized carbons (Fsp3) is 0.357. The zero-order chi connectivity index (χ0) is 14.4. The molecule has 102 valence electrons. The zero-order valence-corrected chi connectivity index (χ0v) is 12.9. The molecular weight excluding hydrogens is 310 g/mol. The summed E-state index contributed by atoms with van der Waals surface area (Å²) in [7, 11) is 1.55. The van der Waals surface area contributed by atoms with Crippen LogP contribution in [0.3, 0.4) is 0 Å². The standard InChI is InChI=1S/C14H16BrNO3/c1-8-5-6-9(15)7-10(8)11-12(17)14(2,3)19-16(4)13(11)18/h5-7,17H,1-4H3. The molecule has 0 atom stereocenters. The lowest BCUT2D eigenvalue weighted by Gasteiger charge is -2.36. The lowest BCUT2D eigenvalue weighted by atomic mass is 9.92. The molecule has 0 saturated carbocycles. The molecule has 0 aliphatic carbocycles. The van der Waals surface area contributed by atoms with Crippen molar-refractivity contribution in [2.45, 2.75) is 26.4 Å². The van der Waals surface area contributed by atoms with Gasteiger partial charge >= 0.3 is 0 Å². The second kappa shape index (κ2) is 4.65. The van der Waals surface area contributed by atoms with Crippen molar-refractivity contribution in [1.29, 1.82) is 0 Å². The molecule has 0 spiro atoms. The van der Waals surface area contributed by atoms with Crippen LogP contribution < -0.4 is 0 Å². The van der Waals surface area contributed by atoms with E-state index < -0.39 is 5.60 Å². The van der Waals surface area contributed by atoms with Crippen LogP contribution in [0.15, 0.2) is 28.4 Å². The molecule has 5 heteroatoms. The number of hydrogen-bond donors (Lipinski definition) is 1. The highest BCUT2D eigenvalue weighted by Crippen LogP contribution is 2.35. The number of aryl methyl sites for hydroxylation is 1. The fourth-order valence-electron chi connectivity index (χ4n) is 2.09. The van der Waals surface area contributed by atoms with Gasteiger partial charge < -0.3 is 5.11 Å². The predicted molar refractivity (Wildman–Crippen MR) is 76.4 cm³/mol. The fourth-order valence-corrected chi connectivity index (χ4v) is 2.45. The van der Waals surface area contributed by atoms with E-state index in [1.165, 1.54) is 0 Å². The SMILES string of the molecule is Cc1ccc(Br)cc1C1=C(O)C(C)(C)ON(C)C1=O. The Morgan fingerprint density at radius 1 is 1.37 bits per heavy atom. The Hall–Kier alpha value is -1.33. The van der Waals surface area contributed by atoms with Gasteiger partial charge in [0.25, 0.3) is 5.91 Å². The maximum Gasteiger partial charge on any atom is 0.281 e. The summed E-state index contributed by atoms with van der Waals surface area (Å²) in [4.78, 5) is 17.6. The van der Waals surface area contributed by atoms with E-state index in [0.29, 0.717) is 5.56 Å². The number of likely N-dealkylation sites (N-methyl/N-ethyl adjacent to an activating group) is 1. The second-order valence-corrected chi connectivity index (χ2v) is 6.00. The van der Waals surface area contributed by atoms with Crippen molar-refractivity contribution in [3.8, 4) is 0 Å². The molecule has 1 aliphatic heterocycles. The van der Waals surface area contributed by atoms with Crippen LogP contribution in [0, 0.1) is 6.92 Å². The minimum Gasteiger partial charge on any atom is -0.508 e. The van der Waals surface area contributed by atoms with Gasteiger partial charge in [-0.05, 0) is 44.0 Å². The van der Waals surface area contributed by atoms with Gasteiger partial charge in [-0.2, -0.15) is 0 Å². The molecule has 1 aliphatic rings. The number of halogens is 1. The van der Waals surface area contributed by atoms with Gasteiger partial charge in [-0.25, -0.2) is 5.06 Å². The molecule has 2 rings (SSSR count). The first-order valence-corrected chi connectivity index (χ1v) is 6.71. The highest BCUT2D eigenvalue weighted by Gasteiger charge is 2.40. The summed E-state index contributed by atoms with van der Waals surface area (Å²) in [5, 5.41) is 11.5. The van der Waals surface area contributed by atoms with Crippen LogP contribution >= 0.6 is 15.9 Å². The Morgan fingerprint density at radius 2 is 2.00 bits per heavy atom. The van der Waals surface area contributed by atoms with Gasteiger partial charge in [-0.3, -0.25) is 9.63 Å². The number of nitrogens with zero attached hydrogens (tertiary/aromatic N) is 1. The van der Waals surface area contributed by atoms with Gasteiger partial charge in [0.1, 0.15) is 11.4 Å². The third kappa shape index (κ3) is 2.40. The van der Waals surface area contributed by atoms with Crippen LogP contribution in [0.1, 0.15) is 25.0 Å². The van der Waals surface area contributed by atoms with Gasteiger partial charge in [0.15, 0.2) is 0 Å². The van der Waals surface area contributed by atoms with Gasteiger partial charge in [0.05, 0.1) is 5.57 Å². The van der Waals surface area contributed by atoms with E-state index in [-0.39, 0.29) is 17.2 Å². The molecule has 19 heavy (non-hydrogen) atoms. The largest absolute Gasteiger partial charge is 0.508 e. The molecule has 0 unspecified atom stereocenters. The number of hydrogen-bond acceptors (Lipinski definition) is 3. The molecule has 1 aromatic carbocycles. The van der Waals surface area contributed by atoms with Crippen LogP contribution in [-0.4, -0.2) is 28.7 Å². The number of aliphatic hydroxyl groups is 1. The third-order valence-corrected chi connectivity index (χ3v) is 3.63. The summed E-state index contributed by atoms with van der Waals surface area (Å²) in [6.45, 7) is 5.34. The molecular formula is C14H16BrNO3. The van der Waals surface area contributed by atoms with E-state index in [2.05, 4.69) is 15.9 Å². The van der Waals surface area contributed by atoms with E-state index in [1.54, 1.807) is 20.9 Å². The normalized spacial score (nSPS) is 19.0. The minimum atomic E-state index is -0.924. The number of carbonyl (C=O) groups excluding carboxylic acids is 1. The van der Waals surface area contributed by atoms with Gasteiger partial charge in [-0.15, -0.1) is 0 Å². The van der Waals surface area contributed by atoms with E-state index in [1.807, 2.05) is 25.1 Å². The maximum atomic E-state index is 12.3. The molecule has 0 saturated heterocycles. The van der Waals surface area contributed by atoms with E-state index in [4.69, 9.17) is 4.84 Å². The maximum absolute atomic E-state index is 12.3. The number of hydroxylamine groups is 2. The van der Waals surface area contributed by atoms with Crippen molar-refractivity contribution < 1.29 is 14.7 Å². The number of rotatable bonds is 1. The molecule has 0 bridgehead atoms. The first kappa shape index (κ1) is 14.1. The highest BCUT2D eigenvalue weighted by molar-refractivity contribution is 9.10. The predicted octanol–water partition coefficient (Wildman–Crippen LogP) is 3.21. The van der Waals surface area contributed by atoms with Crippen molar-refractivity contribution in [2.24, 2.45) is 0 Å². The smallest absolute Gasteiger partial charge is 0.281 e. The number of aliphatic hydroxyl groups excluding tert-OH is 1. The van der Waals surface area contributed by atoms with E-state index in [9.17, 15) is 9.90 Å². The first-order chi connectivity index (χ1) is 8.74. The molecule has 0 aromatic heterocycles. The summed E-state index contributed by atoms with van der Waals surface area (Å²) < 4.78 is 0.855. The second-order valence-electron chi connectivity index (χ2n) is 5.09. The van der Waals surface area contributed by atoms with Crippen molar-refractivity contribution in [3.63, 3.8) is 0 Å². The first-order valence-electron chi connectivity index (χ1n) is 5.91. The van der Waals surface area contributed by atoms with Gasteiger partial charge in [-0.1, -0.05) is 22.0 Å². The topological polar surface area (TPSA) is 49.8 Å². The van der Waals surface area contributed by atoms with Crippen molar-refractivity contribution in [2.75, 3.05) is 7.05 Å². The Labute approximate surface area is 120 Å². The lowest BCUT2D eigenvalue weighted by Crippen LogP contribution is -2.45. The monoisotopic (exact) mass is 325 g/mol. The molecule has 1 amide bonds. The average Bonchev–Trinajstić information content (AvgIpc) is 2.31. The summed E-state index contributed by atoms with van der Waals surface area (Å²) in [6.07, 6.45) is 0. The number of amides is 1. The van der Waals surface area contributed by atoms with Crippen LogP contribution in [0.4, 0.5) is 0 Å². The number of benzene rings is 1. The molecule has 0 radical (unpaired) electrons. The van der Waals surface area contributed by atoms with Crippen molar-refractivity contribution >= 4 is 27.4 Å².